The lowest BCUT2D eigenvalue weighted by Gasteiger charge is -2.29. The average molecular weight is 440 g/mol. The molecule has 9 nitrogen and oxygen atoms in total. The standard InChI is InChI=1S/C22H21FN4O5/c1-13-9-18(16-4-3-14(23)10-19(16)24-13)25-20-12-15(26-5-7-32-8-6-26)11-17(22(28)31-2)21(20)27(29)30/h3-4,9-12H,5-8H2,1-2H3,(H,24,25). The van der Waals surface area contributed by atoms with Crippen molar-refractivity contribution in [3.63, 3.8) is 0 Å². The van der Waals surface area contributed by atoms with Gasteiger partial charge in [-0.15, -0.1) is 0 Å². The van der Waals surface area contributed by atoms with Gasteiger partial charge in [-0.3, -0.25) is 15.1 Å². The molecule has 0 bridgehead atoms. The summed E-state index contributed by atoms with van der Waals surface area (Å²) in [4.78, 5) is 30.1. The van der Waals surface area contributed by atoms with Gasteiger partial charge in [0.1, 0.15) is 17.1 Å². The van der Waals surface area contributed by atoms with E-state index in [0.29, 0.717) is 54.3 Å². The van der Waals surface area contributed by atoms with Gasteiger partial charge in [0.05, 0.1) is 30.8 Å². The normalized spacial score (nSPS) is 13.8. The van der Waals surface area contributed by atoms with Gasteiger partial charge < -0.3 is 19.7 Å². The molecule has 0 radical (unpaired) electrons. The zero-order chi connectivity index (χ0) is 22.8. The van der Waals surface area contributed by atoms with E-state index in [-0.39, 0.29) is 11.3 Å². The summed E-state index contributed by atoms with van der Waals surface area (Å²) in [5.74, 6) is -1.25. The Morgan fingerprint density at radius 1 is 1.22 bits per heavy atom. The number of pyridine rings is 1. The Morgan fingerprint density at radius 3 is 2.66 bits per heavy atom. The number of benzene rings is 2. The molecule has 0 amide bonds. The summed E-state index contributed by atoms with van der Waals surface area (Å²) < 4.78 is 23.9. The highest BCUT2D eigenvalue weighted by atomic mass is 19.1. The summed E-state index contributed by atoms with van der Waals surface area (Å²) in [5.41, 5.74) is 1.70. The van der Waals surface area contributed by atoms with Crippen molar-refractivity contribution in [3.05, 3.63) is 63.6 Å². The van der Waals surface area contributed by atoms with Gasteiger partial charge >= 0.3 is 11.7 Å². The summed E-state index contributed by atoms with van der Waals surface area (Å²) >= 11 is 0. The molecule has 2 heterocycles. The number of carbonyl (C=O) groups is 1. The number of nitro groups is 1. The fourth-order valence-corrected chi connectivity index (χ4v) is 3.76. The Balaban J connectivity index is 1.90. The number of anilines is 3. The van der Waals surface area contributed by atoms with Crippen molar-refractivity contribution in [2.24, 2.45) is 0 Å². The van der Waals surface area contributed by atoms with Gasteiger partial charge in [-0.25, -0.2) is 9.18 Å². The van der Waals surface area contributed by atoms with Gasteiger partial charge in [-0.1, -0.05) is 0 Å². The van der Waals surface area contributed by atoms with Crippen LogP contribution in [0.4, 0.5) is 27.1 Å². The lowest BCUT2D eigenvalue weighted by molar-refractivity contribution is -0.384. The minimum atomic E-state index is -0.812. The number of morpholine rings is 1. The molecule has 0 aliphatic carbocycles. The predicted molar refractivity (Wildman–Crippen MR) is 117 cm³/mol. The van der Waals surface area contributed by atoms with E-state index in [2.05, 4.69) is 10.3 Å². The molecule has 1 saturated heterocycles. The monoisotopic (exact) mass is 440 g/mol. The number of nitro benzene ring substituents is 1. The van der Waals surface area contributed by atoms with Gasteiger partial charge in [0.15, 0.2) is 0 Å². The number of hydrogen-bond donors (Lipinski definition) is 1. The topological polar surface area (TPSA) is 107 Å². The van der Waals surface area contributed by atoms with Crippen LogP contribution in [0.1, 0.15) is 16.1 Å². The first-order valence-corrected chi connectivity index (χ1v) is 9.94. The highest BCUT2D eigenvalue weighted by molar-refractivity contribution is 6.01. The number of ether oxygens (including phenoxy) is 2. The molecule has 32 heavy (non-hydrogen) atoms. The Labute approximate surface area is 182 Å². The molecule has 10 heteroatoms. The number of halogens is 1. The molecule has 1 aliphatic heterocycles. The average Bonchev–Trinajstić information content (AvgIpc) is 2.78. The van der Waals surface area contributed by atoms with Crippen molar-refractivity contribution < 1.29 is 23.6 Å². The Hall–Kier alpha value is -3.79. The SMILES string of the molecule is COC(=O)c1cc(N2CCOCC2)cc(Nc2cc(C)nc3cc(F)ccc23)c1[N+](=O)[O-]. The summed E-state index contributed by atoms with van der Waals surface area (Å²) in [6, 6.07) is 8.95. The molecular weight excluding hydrogens is 419 g/mol. The van der Waals surface area contributed by atoms with E-state index in [4.69, 9.17) is 9.47 Å². The molecule has 0 spiro atoms. The van der Waals surface area contributed by atoms with Crippen LogP contribution >= 0.6 is 0 Å². The van der Waals surface area contributed by atoms with Crippen LogP contribution in [0.15, 0.2) is 36.4 Å². The van der Waals surface area contributed by atoms with Gasteiger partial charge in [0, 0.05) is 41.6 Å². The number of methoxy groups -OCH3 is 1. The van der Waals surface area contributed by atoms with Gasteiger partial charge in [-0.05, 0) is 37.3 Å². The molecule has 1 aliphatic rings. The van der Waals surface area contributed by atoms with Crippen LogP contribution in [-0.2, 0) is 9.47 Å². The Bertz CT molecular complexity index is 1210. The van der Waals surface area contributed by atoms with Crippen LogP contribution in [0.5, 0.6) is 0 Å². The largest absolute Gasteiger partial charge is 0.465 e. The van der Waals surface area contributed by atoms with Crippen LogP contribution in [0.25, 0.3) is 10.9 Å². The quantitative estimate of drug-likeness (QED) is 0.361. The van der Waals surface area contributed by atoms with Gasteiger partial charge in [0.2, 0.25) is 0 Å². The molecule has 0 unspecified atom stereocenters. The zero-order valence-corrected chi connectivity index (χ0v) is 17.6. The van der Waals surface area contributed by atoms with Crippen LogP contribution in [0.2, 0.25) is 0 Å². The first-order chi connectivity index (χ1) is 15.4. The molecule has 1 N–H and O–H groups in total. The second-order valence-corrected chi connectivity index (χ2v) is 7.34. The minimum Gasteiger partial charge on any atom is -0.465 e. The van der Waals surface area contributed by atoms with E-state index in [0.717, 1.165) is 0 Å². The van der Waals surface area contributed by atoms with E-state index in [1.165, 1.54) is 25.3 Å². The minimum absolute atomic E-state index is 0.121. The third-order valence-corrected chi connectivity index (χ3v) is 5.23. The van der Waals surface area contributed by atoms with E-state index in [1.54, 1.807) is 25.1 Å². The number of aromatic nitrogens is 1. The molecular formula is C22H21FN4O5. The number of nitrogens with zero attached hydrogens (tertiary/aromatic N) is 3. The molecule has 1 fully saturated rings. The van der Waals surface area contributed by atoms with E-state index < -0.39 is 22.4 Å². The van der Waals surface area contributed by atoms with Crippen molar-refractivity contribution in [1.29, 1.82) is 0 Å². The van der Waals surface area contributed by atoms with Crippen LogP contribution in [0.3, 0.4) is 0 Å². The maximum Gasteiger partial charge on any atom is 0.345 e. The van der Waals surface area contributed by atoms with Crippen molar-refractivity contribution >= 4 is 39.6 Å². The number of hydrogen-bond acceptors (Lipinski definition) is 8. The second-order valence-electron chi connectivity index (χ2n) is 7.34. The smallest absolute Gasteiger partial charge is 0.345 e. The fraction of sp³-hybridized carbons (Fsp3) is 0.273. The summed E-state index contributed by atoms with van der Waals surface area (Å²) in [5, 5.41) is 15.7. The first-order valence-electron chi connectivity index (χ1n) is 9.94. The van der Waals surface area contributed by atoms with Gasteiger partial charge in [-0.2, -0.15) is 0 Å². The maximum absolute atomic E-state index is 13.7. The molecule has 3 aromatic rings. The third-order valence-electron chi connectivity index (χ3n) is 5.23. The molecule has 0 saturated carbocycles. The highest BCUT2D eigenvalue weighted by Gasteiger charge is 2.29. The van der Waals surface area contributed by atoms with Crippen molar-refractivity contribution in [2.75, 3.05) is 43.6 Å². The lowest BCUT2D eigenvalue weighted by atomic mass is 10.1. The number of fused-ring (bicyclic) bond motifs is 1. The fourth-order valence-electron chi connectivity index (χ4n) is 3.76. The zero-order valence-electron chi connectivity index (χ0n) is 17.6. The summed E-state index contributed by atoms with van der Waals surface area (Å²) in [7, 11) is 1.18. The van der Waals surface area contributed by atoms with Crippen molar-refractivity contribution in [2.45, 2.75) is 6.92 Å². The van der Waals surface area contributed by atoms with E-state index >= 15 is 0 Å². The van der Waals surface area contributed by atoms with Gasteiger partial charge in [0.25, 0.3) is 0 Å². The molecule has 4 rings (SSSR count). The number of rotatable bonds is 5. The molecule has 1 aromatic heterocycles. The molecule has 166 valence electrons. The first kappa shape index (κ1) is 21.4. The van der Waals surface area contributed by atoms with Crippen LogP contribution in [0, 0.1) is 22.9 Å². The summed E-state index contributed by atoms with van der Waals surface area (Å²) in [6.45, 7) is 3.91. The lowest BCUT2D eigenvalue weighted by Crippen LogP contribution is -2.36. The van der Waals surface area contributed by atoms with Crippen LogP contribution < -0.4 is 10.2 Å². The predicted octanol–water partition coefficient (Wildman–Crippen LogP) is 3.96. The van der Waals surface area contributed by atoms with E-state index in [1.807, 2.05) is 4.90 Å². The Kier molecular flexibility index (Phi) is 5.87. The van der Waals surface area contributed by atoms with Crippen molar-refractivity contribution in [3.8, 4) is 0 Å². The number of nitrogens with one attached hydrogen (secondary N) is 1. The third kappa shape index (κ3) is 4.17. The Morgan fingerprint density at radius 2 is 1.97 bits per heavy atom. The number of aryl methyl sites for hydroxylation is 1. The molecule has 0 atom stereocenters. The maximum atomic E-state index is 13.7. The van der Waals surface area contributed by atoms with E-state index in [9.17, 15) is 19.3 Å². The molecule has 2 aromatic carbocycles. The van der Waals surface area contributed by atoms with Crippen LogP contribution in [-0.4, -0.2) is 49.3 Å². The second kappa shape index (κ2) is 8.75. The van der Waals surface area contributed by atoms with Crippen molar-refractivity contribution in [1.82, 2.24) is 4.98 Å². The number of esters is 1. The number of carbonyl (C=O) groups excluding carboxylic acids is 1. The summed E-state index contributed by atoms with van der Waals surface area (Å²) in [6.07, 6.45) is 0. The highest BCUT2D eigenvalue weighted by Crippen LogP contribution is 2.38.